The fourth-order valence-electron chi connectivity index (χ4n) is 2.11. The van der Waals surface area contributed by atoms with Gasteiger partial charge in [0.05, 0.1) is 16.6 Å². The Morgan fingerprint density at radius 2 is 2.41 bits per heavy atom. The van der Waals surface area contributed by atoms with Crippen molar-refractivity contribution in [1.29, 1.82) is 0 Å². The van der Waals surface area contributed by atoms with Crippen LogP contribution in [-0.4, -0.2) is 33.7 Å². The van der Waals surface area contributed by atoms with Crippen LogP contribution < -0.4 is 4.90 Å². The summed E-state index contributed by atoms with van der Waals surface area (Å²) >= 11 is 0. The van der Waals surface area contributed by atoms with Crippen LogP contribution in [0.3, 0.4) is 0 Å². The summed E-state index contributed by atoms with van der Waals surface area (Å²) in [6, 6.07) is 2.81. The van der Waals surface area contributed by atoms with Crippen LogP contribution in [0.25, 0.3) is 0 Å². The number of hydrogen-bond donors (Lipinski definition) is 1. The molecule has 0 saturated carbocycles. The highest BCUT2D eigenvalue weighted by Gasteiger charge is 2.29. The highest BCUT2D eigenvalue weighted by atomic mass is 16.6. The van der Waals surface area contributed by atoms with Gasteiger partial charge >= 0.3 is 0 Å². The van der Waals surface area contributed by atoms with Crippen LogP contribution >= 0.6 is 0 Å². The lowest BCUT2D eigenvalue weighted by Gasteiger charge is -2.37. The van der Waals surface area contributed by atoms with E-state index >= 15 is 0 Å². The molecule has 1 N–H and O–H groups in total. The molecule has 1 aromatic heterocycles. The van der Waals surface area contributed by atoms with E-state index in [2.05, 4.69) is 4.98 Å². The van der Waals surface area contributed by atoms with Gasteiger partial charge in [0.25, 0.3) is 5.69 Å². The second-order valence-electron chi connectivity index (χ2n) is 4.65. The summed E-state index contributed by atoms with van der Waals surface area (Å²) in [5, 5.41) is 20.7. The van der Waals surface area contributed by atoms with Crippen LogP contribution in [0.5, 0.6) is 0 Å². The lowest BCUT2D eigenvalue weighted by molar-refractivity contribution is -0.384. The van der Waals surface area contributed by atoms with Crippen LogP contribution in [0.1, 0.15) is 19.8 Å². The zero-order valence-corrected chi connectivity index (χ0v) is 9.67. The number of hydrogen-bond acceptors (Lipinski definition) is 5. The van der Waals surface area contributed by atoms with Gasteiger partial charge in [-0.1, -0.05) is 0 Å². The molecular weight excluding hydrogens is 222 g/mol. The van der Waals surface area contributed by atoms with Gasteiger partial charge in [-0.25, -0.2) is 4.98 Å². The average molecular weight is 237 g/mol. The van der Waals surface area contributed by atoms with Crippen LogP contribution in [0.15, 0.2) is 18.3 Å². The Morgan fingerprint density at radius 1 is 1.65 bits per heavy atom. The Bertz CT molecular complexity index is 434. The third-order valence-electron chi connectivity index (χ3n) is 2.94. The zero-order chi connectivity index (χ0) is 12.5. The van der Waals surface area contributed by atoms with E-state index in [-0.39, 0.29) is 5.69 Å². The standard InChI is InChI=1S/C11H15N3O3/c1-11(15)4-2-6-13(8-11)10-7-9(14(16)17)3-5-12-10/h3,5,7,15H,2,4,6,8H2,1H3. The largest absolute Gasteiger partial charge is 0.388 e. The first-order valence-electron chi connectivity index (χ1n) is 5.56. The van der Waals surface area contributed by atoms with E-state index in [0.29, 0.717) is 12.4 Å². The average Bonchev–Trinajstić information content (AvgIpc) is 2.28. The third-order valence-corrected chi connectivity index (χ3v) is 2.94. The number of pyridine rings is 1. The molecule has 6 nitrogen and oxygen atoms in total. The normalized spacial score (nSPS) is 24.7. The van der Waals surface area contributed by atoms with Crippen molar-refractivity contribution in [3.63, 3.8) is 0 Å². The number of β-amino-alcohol motifs (C(OH)–C–C–N with tert-alkyl or cyclic N) is 1. The van der Waals surface area contributed by atoms with Crippen LogP contribution in [0.4, 0.5) is 11.5 Å². The SMILES string of the molecule is CC1(O)CCCN(c2cc([N+](=O)[O-])ccn2)C1. The van der Waals surface area contributed by atoms with E-state index in [1.807, 2.05) is 4.90 Å². The van der Waals surface area contributed by atoms with Crippen molar-refractivity contribution in [3.05, 3.63) is 28.4 Å². The number of anilines is 1. The summed E-state index contributed by atoms with van der Waals surface area (Å²) in [4.78, 5) is 16.2. The van der Waals surface area contributed by atoms with E-state index in [0.717, 1.165) is 19.4 Å². The molecule has 1 aliphatic rings. The molecule has 1 aromatic rings. The predicted octanol–water partition coefficient (Wildman–Crippen LogP) is 1.34. The summed E-state index contributed by atoms with van der Waals surface area (Å²) in [5.41, 5.74) is -0.718. The van der Waals surface area contributed by atoms with Gasteiger partial charge in [-0.2, -0.15) is 0 Å². The zero-order valence-electron chi connectivity index (χ0n) is 9.67. The Labute approximate surface area is 99.0 Å². The van der Waals surface area contributed by atoms with Gasteiger partial charge in [0.15, 0.2) is 0 Å². The van der Waals surface area contributed by atoms with Gasteiger partial charge in [-0.05, 0) is 19.8 Å². The second kappa shape index (κ2) is 4.29. The molecule has 1 unspecified atom stereocenters. The van der Waals surface area contributed by atoms with Crippen LogP contribution in [0.2, 0.25) is 0 Å². The molecule has 2 heterocycles. The number of nitro groups is 1. The lowest BCUT2D eigenvalue weighted by atomic mass is 9.95. The van der Waals surface area contributed by atoms with E-state index in [1.165, 1.54) is 18.3 Å². The number of nitrogens with zero attached hydrogens (tertiary/aromatic N) is 3. The fraction of sp³-hybridized carbons (Fsp3) is 0.545. The van der Waals surface area contributed by atoms with Crippen molar-refractivity contribution in [2.24, 2.45) is 0 Å². The lowest BCUT2D eigenvalue weighted by Crippen LogP contribution is -2.46. The van der Waals surface area contributed by atoms with Gasteiger partial charge in [-0.3, -0.25) is 10.1 Å². The molecule has 92 valence electrons. The maximum absolute atomic E-state index is 10.7. The maximum Gasteiger partial charge on any atom is 0.274 e. The molecule has 1 atom stereocenters. The van der Waals surface area contributed by atoms with Gasteiger partial charge in [0.2, 0.25) is 0 Å². The summed E-state index contributed by atoms with van der Waals surface area (Å²) in [6.07, 6.45) is 3.03. The van der Waals surface area contributed by atoms with Crippen molar-refractivity contribution in [2.75, 3.05) is 18.0 Å². The minimum absolute atomic E-state index is 0.0280. The fourth-order valence-corrected chi connectivity index (χ4v) is 2.11. The Morgan fingerprint density at radius 3 is 3.06 bits per heavy atom. The molecule has 0 aliphatic carbocycles. The Balaban J connectivity index is 2.22. The highest BCUT2D eigenvalue weighted by molar-refractivity contribution is 5.47. The number of rotatable bonds is 2. The minimum atomic E-state index is -0.745. The molecule has 1 aliphatic heterocycles. The number of aromatic nitrogens is 1. The van der Waals surface area contributed by atoms with Crippen molar-refractivity contribution in [1.82, 2.24) is 4.98 Å². The monoisotopic (exact) mass is 237 g/mol. The second-order valence-corrected chi connectivity index (χ2v) is 4.65. The topological polar surface area (TPSA) is 79.5 Å². The smallest absolute Gasteiger partial charge is 0.274 e. The molecule has 0 radical (unpaired) electrons. The summed E-state index contributed by atoms with van der Waals surface area (Å²) in [5.74, 6) is 0.555. The first-order valence-corrected chi connectivity index (χ1v) is 5.56. The molecule has 17 heavy (non-hydrogen) atoms. The highest BCUT2D eigenvalue weighted by Crippen LogP contribution is 2.26. The summed E-state index contributed by atoms with van der Waals surface area (Å²) < 4.78 is 0. The molecule has 0 spiro atoms. The number of aliphatic hydroxyl groups is 1. The third kappa shape index (κ3) is 2.71. The van der Waals surface area contributed by atoms with Crippen molar-refractivity contribution < 1.29 is 10.0 Å². The molecular formula is C11H15N3O3. The van der Waals surface area contributed by atoms with Crippen molar-refractivity contribution >= 4 is 11.5 Å². The summed E-state index contributed by atoms with van der Waals surface area (Å²) in [7, 11) is 0. The van der Waals surface area contributed by atoms with E-state index in [9.17, 15) is 15.2 Å². The molecule has 1 fully saturated rings. The van der Waals surface area contributed by atoms with Crippen molar-refractivity contribution in [3.8, 4) is 0 Å². The van der Waals surface area contributed by atoms with Crippen molar-refractivity contribution in [2.45, 2.75) is 25.4 Å². The minimum Gasteiger partial charge on any atom is -0.388 e. The van der Waals surface area contributed by atoms with Crippen LogP contribution in [-0.2, 0) is 0 Å². The van der Waals surface area contributed by atoms with Gasteiger partial charge in [-0.15, -0.1) is 0 Å². The predicted molar refractivity (Wildman–Crippen MR) is 63.0 cm³/mol. The molecule has 0 aromatic carbocycles. The number of piperidine rings is 1. The quantitative estimate of drug-likeness (QED) is 0.620. The Hall–Kier alpha value is -1.69. The maximum atomic E-state index is 10.7. The first kappa shape index (κ1) is 11.8. The van der Waals surface area contributed by atoms with Crippen LogP contribution in [0, 0.1) is 10.1 Å². The van der Waals surface area contributed by atoms with E-state index < -0.39 is 10.5 Å². The molecule has 1 saturated heterocycles. The van der Waals surface area contributed by atoms with E-state index in [1.54, 1.807) is 6.92 Å². The molecule has 2 rings (SSSR count). The first-order chi connectivity index (χ1) is 7.98. The van der Waals surface area contributed by atoms with E-state index in [4.69, 9.17) is 0 Å². The van der Waals surface area contributed by atoms with Gasteiger partial charge < -0.3 is 10.0 Å². The van der Waals surface area contributed by atoms with Gasteiger partial charge in [0, 0.05) is 25.4 Å². The summed E-state index contributed by atoms with van der Waals surface area (Å²) in [6.45, 7) is 3.00. The molecule has 0 bridgehead atoms. The molecule has 0 amide bonds. The molecule has 6 heteroatoms. The Kier molecular flexibility index (Phi) is 2.97. The van der Waals surface area contributed by atoms with Gasteiger partial charge in [0.1, 0.15) is 5.82 Å².